The molecule has 1 aromatic rings. The summed E-state index contributed by atoms with van der Waals surface area (Å²) in [5, 5.41) is 0. The number of likely N-dealkylation sites (N-methyl/N-ethyl adjacent to an activating group) is 1. The van der Waals surface area contributed by atoms with E-state index in [-0.39, 0.29) is 6.10 Å². The first-order valence-electron chi connectivity index (χ1n) is 8.09. The minimum absolute atomic E-state index is 0.227. The van der Waals surface area contributed by atoms with Crippen LogP contribution in [0.5, 0.6) is 5.88 Å². The van der Waals surface area contributed by atoms with Gasteiger partial charge in [-0.3, -0.25) is 0 Å². The van der Waals surface area contributed by atoms with Crippen molar-refractivity contribution in [2.75, 3.05) is 25.9 Å². The Bertz CT molecular complexity index is 485. The Morgan fingerprint density at radius 1 is 1.24 bits per heavy atom. The van der Waals surface area contributed by atoms with E-state index in [1.54, 1.807) is 0 Å². The molecule has 1 saturated carbocycles. The Morgan fingerprint density at radius 3 is 2.67 bits per heavy atom. The zero-order chi connectivity index (χ0) is 14.8. The number of hydrogen-bond donors (Lipinski definition) is 1. The Morgan fingerprint density at radius 2 is 2.00 bits per heavy atom. The lowest BCUT2D eigenvalue weighted by molar-refractivity contribution is 0.195. The molecule has 21 heavy (non-hydrogen) atoms. The van der Waals surface area contributed by atoms with E-state index in [9.17, 15) is 0 Å². The lowest BCUT2D eigenvalue weighted by Crippen LogP contribution is -2.23. The number of nitrogens with two attached hydrogens (primary N) is 1. The van der Waals surface area contributed by atoms with Crippen LogP contribution >= 0.6 is 0 Å². The van der Waals surface area contributed by atoms with Gasteiger partial charge in [-0.05, 0) is 38.1 Å². The molecule has 2 N–H and O–H groups in total. The smallest absolute Gasteiger partial charge is 0.223 e. The van der Waals surface area contributed by atoms with Gasteiger partial charge < -0.3 is 15.4 Å². The summed E-state index contributed by atoms with van der Waals surface area (Å²) >= 11 is 0. The summed E-state index contributed by atoms with van der Waals surface area (Å²) in [6, 6.07) is 0. The van der Waals surface area contributed by atoms with Gasteiger partial charge in [-0.25, -0.2) is 4.98 Å². The van der Waals surface area contributed by atoms with Crippen LogP contribution in [0.2, 0.25) is 0 Å². The lowest BCUT2D eigenvalue weighted by atomic mass is 9.80. The summed E-state index contributed by atoms with van der Waals surface area (Å²) in [7, 11) is 2.13. The van der Waals surface area contributed by atoms with Crippen molar-refractivity contribution in [3.8, 4) is 5.88 Å². The molecule has 0 radical (unpaired) electrons. The second-order valence-corrected chi connectivity index (χ2v) is 6.74. The molecule has 1 aliphatic heterocycles. The topological polar surface area (TPSA) is 64.3 Å². The van der Waals surface area contributed by atoms with Gasteiger partial charge in [-0.1, -0.05) is 19.8 Å². The predicted octanol–water partition coefficient (Wildman–Crippen LogP) is 2.44. The van der Waals surface area contributed by atoms with E-state index in [0.717, 1.165) is 36.9 Å². The molecule has 1 saturated heterocycles. The normalized spacial score (nSPS) is 30.5. The first-order chi connectivity index (χ1) is 10.1. The molecule has 0 bridgehead atoms. The van der Waals surface area contributed by atoms with Gasteiger partial charge in [-0.2, -0.15) is 4.98 Å². The van der Waals surface area contributed by atoms with Crippen molar-refractivity contribution in [2.24, 2.45) is 5.92 Å². The highest BCUT2D eigenvalue weighted by Gasteiger charge is 2.27. The number of aromatic nitrogens is 2. The van der Waals surface area contributed by atoms with Crippen molar-refractivity contribution < 1.29 is 4.74 Å². The van der Waals surface area contributed by atoms with Crippen molar-refractivity contribution >= 4 is 5.95 Å². The van der Waals surface area contributed by atoms with E-state index in [1.165, 1.54) is 25.7 Å². The molecular formula is C16H26N4O. The standard InChI is InChI=1S/C16H26N4O/c1-11-3-5-12(6-4-11)14-9-18-16(17)19-15(14)21-13-7-8-20(2)10-13/h9,11-13H,3-8,10H2,1-2H3,(H2,17,18,19)/t11-,12-,13-/m1/s1. The first-order valence-corrected chi connectivity index (χ1v) is 8.09. The van der Waals surface area contributed by atoms with E-state index in [2.05, 4.69) is 28.8 Å². The van der Waals surface area contributed by atoms with E-state index in [4.69, 9.17) is 10.5 Å². The Hall–Kier alpha value is -1.36. The zero-order valence-electron chi connectivity index (χ0n) is 13.1. The number of rotatable bonds is 3. The van der Waals surface area contributed by atoms with Crippen LogP contribution in [0.15, 0.2) is 6.20 Å². The van der Waals surface area contributed by atoms with Gasteiger partial charge in [0.1, 0.15) is 6.10 Å². The van der Waals surface area contributed by atoms with E-state index < -0.39 is 0 Å². The summed E-state index contributed by atoms with van der Waals surface area (Å²) in [5.41, 5.74) is 6.93. The molecule has 116 valence electrons. The lowest BCUT2D eigenvalue weighted by Gasteiger charge is -2.27. The maximum Gasteiger partial charge on any atom is 0.223 e. The Balaban J connectivity index is 1.76. The fraction of sp³-hybridized carbons (Fsp3) is 0.750. The molecule has 2 fully saturated rings. The molecule has 0 amide bonds. The predicted molar refractivity (Wildman–Crippen MR) is 83.3 cm³/mol. The van der Waals surface area contributed by atoms with Crippen LogP contribution in [0.1, 0.15) is 50.5 Å². The van der Waals surface area contributed by atoms with Crippen molar-refractivity contribution in [1.82, 2.24) is 14.9 Å². The number of nitrogen functional groups attached to an aromatic ring is 1. The number of nitrogens with zero attached hydrogens (tertiary/aromatic N) is 3. The summed E-state index contributed by atoms with van der Waals surface area (Å²) in [6.45, 7) is 4.38. The molecule has 0 spiro atoms. The minimum Gasteiger partial charge on any atom is -0.473 e. The average molecular weight is 290 g/mol. The van der Waals surface area contributed by atoms with Crippen LogP contribution in [0.3, 0.4) is 0 Å². The quantitative estimate of drug-likeness (QED) is 0.926. The van der Waals surface area contributed by atoms with Crippen LogP contribution in [-0.4, -0.2) is 41.1 Å². The second kappa shape index (κ2) is 6.18. The van der Waals surface area contributed by atoms with Crippen LogP contribution in [-0.2, 0) is 0 Å². The summed E-state index contributed by atoms with van der Waals surface area (Å²) in [5.74, 6) is 2.39. The molecule has 1 aliphatic carbocycles. The second-order valence-electron chi connectivity index (χ2n) is 6.74. The number of ether oxygens (including phenoxy) is 1. The molecule has 5 heteroatoms. The van der Waals surface area contributed by atoms with Gasteiger partial charge >= 0.3 is 0 Å². The van der Waals surface area contributed by atoms with Crippen molar-refractivity contribution in [3.63, 3.8) is 0 Å². The fourth-order valence-corrected chi connectivity index (χ4v) is 3.48. The van der Waals surface area contributed by atoms with Gasteiger partial charge in [0.25, 0.3) is 0 Å². The summed E-state index contributed by atoms with van der Waals surface area (Å²) in [4.78, 5) is 10.9. The number of anilines is 1. The van der Waals surface area contributed by atoms with E-state index in [1.807, 2.05) is 6.20 Å². The number of hydrogen-bond acceptors (Lipinski definition) is 5. The summed E-state index contributed by atoms with van der Waals surface area (Å²) in [6.07, 6.45) is 8.13. The number of likely N-dealkylation sites (tertiary alicyclic amines) is 1. The molecular weight excluding hydrogens is 264 g/mol. The molecule has 1 aromatic heterocycles. The Labute approximate surface area is 126 Å². The van der Waals surface area contributed by atoms with Gasteiger partial charge in [0.05, 0.1) is 0 Å². The van der Waals surface area contributed by atoms with Gasteiger partial charge in [0.2, 0.25) is 11.8 Å². The molecule has 5 nitrogen and oxygen atoms in total. The Kier molecular flexibility index (Phi) is 4.29. The minimum atomic E-state index is 0.227. The highest BCUT2D eigenvalue weighted by molar-refractivity contribution is 5.33. The van der Waals surface area contributed by atoms with E-state index >= 15 is 0 Å². The van der Waals surface area contributed by atoms with Crippen LogP contribution < -0.4 is 10.5 Å². The van der Waals surface area contributed by atoms with Crippen LogP contribution in [0, 0.1) is 5.92 Å². The highest BCUT2D eigenvalue weighted by atomic mass is 16.5. The van der Waals surface area contributed by atoms with E-state index in [0.29, 0.717) is 11.9 Å². The van der Waals surface area contributed by atoms with Crippen molar-refractivity contribution in [3.05, 3.63) is 11.8 Å². The van der Waals surface area contributed by atoms with Crippen molar-refractivity contribution in [1.29, 1.82) is 0 Å². The fourth-order valence-electron chi connectivity index (χ4n) is 3.48. The third-order valence-electron chi connectivity index (χ3n) is 4.88. The molecule has 3 rings (SSSR count). The molecule has 2 aliphatic rings. The average Bonchev–Trinajstić information content (AvgIpc) is 2.86. The third kappa shape index (κ3) is 3.46. The highest BCUT2D eigenvalue weighted by Crippen LogP contribution is 2.39. The molecule has 2 heterocycles. The van der Waals surface area contributed by atoms with Crippen molar-refractivity contribution in [2.45, 2.75) is 51.0 Å². The molecule has 0 unspecified atom stereocenters. The van der Waals surface area contributed by atoms with Crippen LogP contribution in [0.25, 0.3) is 0 Å². The zero-order valence-corrected chi connectivity index (χ0v) is 13.1. The van der Waals surface area contributed by atoms with Gasteiger partial charge in [-0.15, -0.1) is 0 Å². The van der Waals surface area contributed by atoms with Crippen LogP contribution in [0.4, 0.5) is 5.95 Å². The third-order valence-corrected chi connectivity index (χ3v) is 4.88. The van der Waals surface area contributed by atoms with Gasteiger partial charge in [0.15, 0.2) is 0 Å². The van der Waals surface area contributed by atoms with Gasteiger partial charge in [0, 0.05) is 24.8 Å². The monoisotopic (exact) mass is 290 g/mol. The SMILES string of the molecule is CN1CC[C@@H](Oc2nc(N)ncc2[C@H]2CC[C@H](C)CC2)C1. The molecule has 0 aromatic carbocycles. The first kappa shape index (κ1) is 14.6. The largest absolute Gasteiger partial charge is 0.473 e. The summed E-state index contributed by atoms with van der Waals surface area (Å²) < 4.78 is 6.16. The maximum absolute atomic E-state index is 6.16. The maximum atomic E-state index is 6.16. The molecule has 1 atom stereocenters.